The monoisotopic (exact) mass is 246 g/mol. The predicted molar refractivity (Wildman–Crippen MR) is 73.0 cm³/mol. The molecular formula is C14H18N2O2. The van der Waals surface area contributed by atoms with Crippen LogP contribution in [-0.4, -0.2) is 29.3 Å². The van der Waals surface area contributed by atoms with Gasteiger partial charge in [-0.2, -0.15) is 0 Å². The number of hydrogen-bond acceptors (Lipinski definition) is 4. The topological polar surface area (TPSA) is 54.4 Å². The van der Waals surface area contributed by atoms with E-state index in [0.29, 0.717) is 6.54 Å². The predicted octanol–water partition coefficient (Wildman–Crippen LogP) is 2.78. The SMILES string of the molecule is COC(C)(C)CNc1nccc2ccc(O)cc12. The Morgan fingerprint density at radius 1 is 1.33 bits per heavy atom. The van der Waals surface area contributed by atoms with Gasteiger partial charge in [-0.15, -0.1) is 0 Å². The highest BCUT2D eigenvalue weighted by atomic mass is 16.5. The van der Waals surface area contributed by atoms with Crippen molar-refractivity contribution in [3.63, 3.8) is 0 Å². The van der Waals surface area contributed by atoms with Gasteiger partial charge in [0.05, 0.1) is 5.60 Å². The highest BCUT2D eigenvalue weighted by Crippen LogP contribution is 2.25. The van der Waals surface area contributed by atoms with Crippen LogP contribution in [0.2, 0.25) is 0 Å². The first-order valence-electron chi connectivity index (χ1n) is 5.88. The minimum Gasteiger partial charge on any atom is -0.508 e. The number of aromatic nitrogens is 1. The summed E-state index contributed by atoms with van der Waals surface area (Å²) in [6, 6.07) is 7.18. The zero-order chi connectivity index (χ0) is 13.2. The third kappa shape index (κ3) is 2.71. The normalized spacial score (nSPS) is 11.7. The third-order valence-electron chi connectivity index (χ3n) is 2.98. The Labute approximate surface area is 107 Å². The minimum absolute atomic E-state index is 0.240. The van der Waals surface area contributed by atoms with Gasteiger partial charge in [0.15, 0.2) is 0 Å². The van der Waals surface area contributed by atoms with Gasteiger partial charge in [-0.3, -0.25) is 0 Å². The first-order valence-corrected chi connectivity index (χ1v) is 5.88. The van der Waals surface area contributed by atoms with Crippen LogP contribution >= 0.6 is 0 Å². The number of rotatable bonds is 4. The van der Waals surface area contributed by atoms with Gasteiger partial charge in [0.25, 0.3) is 0 Å². The summed E-state index contributed by atoms with van der Waals surface area (Å²) in [5.41, 5.74) is -0.263. The van der Waals surface area contributed by atoms with Crippen LogP contribution in [0.3, 0.4) is 0 Å². The number of hydrogen-bond donors (Lipinski definition) is 2. The van der Waals surface area contributed by atoms with E-state index in [1.807, 2.05) is 26.0 Å². The summed E-state index contributed by atoms with van der Waals surface area (Å²) in [6.45, 7) is 4.65. The number of ether oxygens (including phenoxy) is 1. The number of fused-ring (bicyclic) bond motifs is 1. The lowest BCUT2D eigenvalue weighted by atomic mass is 10.1. The lowest BCUT2D eigenvalue weighted by molar-refractivity contribution is 0.0343. The van der Waals surface area contributed by atoms with Gasteiger partial charge in [0.2, 0.25) is 0 Å². The molecule has 2 aromatic rings. The summed E-state index contributed by atoms with van der Waals surface area (Å²) in [4.78, 5) is 4.31. The second kappa shape index (κ2) is 4.82. The molecule has 1 heterocycles. The van der Waals surface area contributed by atoms with Crippen molar-refractivity contribution in [3.8, 4) is 5.75 Å². The standard InChI is InChI=1S/C14H18N2O2/c1-14(2,18-3)9-16-13-12-8-11(17)5-4-10(12)6-7-15-13/h4-8,17H,9H2,1-3H3,(H,15,16). The summed E-state index contributed by atoms with van der Waals surface area (Å²) in [6.07, 6.45) is 1.75. The second-order valence-corrected chi connectivity index (χ2v) is 4.88. The van der Waals surface area contributed by atoms with Gasteiger partial charge in [0, 0.05) is 25.2 Å². The van der Waals surface area contributed by atoms with Crippen LogP contribution in [0.4, 0.5) is 5.82 Å². The van der Waals surface area contributed by atoms with Gasteiger partial charge >= 0.3 is 0 Å². The Hall–Kier alpha value is -1.81. The van der Waals surface area contributed by atoms with Crippen molar-refractivity contribution in [3.05, 3.63) is 30.5 Å². The summed E-state index contributed by atoms with van der Waals surface area (Å²) < 4.78 is 5.36. The molecule has 0 bridgehead atoms. The summed E-state index contributed by atoms with van der Waals surface area (Å²) in [5.74, 6) is 0.998. The van der Waals surface area contributed by atoms with Crippen LogP contribution < -0.4 is 5.32 Å². The highest BCUT2D eigenvalue weighted by molar-refractivity contribution is 5.92. The quantitative estimate of drug-likeness (QED) is 0.871. The lowest BCUT2D eigenvalue weighted by Crippen LogP contribution is -2.32. The maximum Gasteiger partial charge on any atom is 0.134 e. The van der Waals surface area contributed by atoms with E-state index < -0.39 is 0 Å². The molecule has 0 fully saturated rings. The average molecular weight is 246 g/mol. The fraction of sp³-hybridized carbons (Fsp3) is 0.357. The summed E-state index contributed by atoms with van der Waals surface area (Å²) in [7, 11) is 1.68. The summed E-state index contributed by atoms with van der Waals surface area (Å²) in [5, 5.41) is 14.8. The van der Waals surface area contributed by atoms with Crippen molar-refractivity contribution in [1.82, 2.24) is 4.98 Å². The van der Waals surface area contributed by atoms with Crippen LogP contribution in [0.1, 0.15) is 13.8 Å². The Balaban J connectivity index is 2.30. The molecule has 4 heteroatoms. The maximum atomic E-state index is 9.55. The largest absolute Gasteiger partial charge is 0.508 e. The molecule has 0 aliphatic heterocycles. The smallest absolute Gasteiger partial charge is 0.134 e. The molecule has 0 amide bonds. The number of nitrogens with one attached hydrogen (secondary N) is 1. The fourth-order valence-corrected chi connectivity index (χ4v) is 1.67. The maximum absolute atomic E-state index is 9.55. The molecule has 18 heavy (non-hydrogen) atoms. The van der Waals surface area contributed by atoms with Gasteiger partial charge in [-0.25, -0.2) is 4.98 Å². The molecule has 2 rings (SSSR count). The van der Waals surface area contributed by atoms with Gasteiger partial charge in [-0.1, -0.05) is 6.07 Å². The first kappa shape index (κ1) is 12.6. The van der Waals surface area contributed by atoms with Crippen LogP contribution in [0.25, 0.3) is 10.8 Å². The molecule has 0 aliphatic carbocycles. The molecule has 1 aromatic carbocycles. The van der Waals surface area contributed by atoms with Gasteiger partial charge in [0.1, 0.15) is 11.6 Å². The number of benzene rings is 1. The zero-order valence-corrected chi connectivity index (χ0v) is 10.9. The fourth-order valence-electron chi connectivity index (χ4n) is 1.67. The average Bonchev–Trinajstić information content (AvgIpc) is 2.36. The van der Waals surface area contributed by atoms with E-state index in [1.165, 1.54) is 0 Å². The van der Waals surface area contributed by atoms with E-state index in [2.05, 4.69) is 10.3 Å². The molecule has 4 nitrogen and oxygen atoms in total. The molecule has 0 radical (unpaired) electrons. The van der Waals surface area contributed by atoms with E-state index >= 15 is 0 Å². The molecular weight excluding hydrogens is 228 g/mol. The van der Waals surface area contributed by atoms with E-state index in [0.717, 1.165) is 16.6 Å². The Morgan fingerprint density at radius 2 is 2.11 bits per heavy atom. The minimum atomic E-state index is -0.263. The van der Waals surface area contributed by atoms with E-state index in [1.54, 1.807) is 25.4 Å². The second-order valence-electron chi connectivity index (χ2n) is 4.88. The first-order chi connectivity index (χ1) is 8.52. The van der Waals surface area contributed by atoms with Crippen LogP contribution in [0.5, 0.6) is 5.75 Å². The van der Waals surface area contributed by atoms with Gasteiger partial charge in [-0.05, 0) is 37.4 Å². The van der Waals surface area contributed by atoms with Gasteiger partial charge < -0.3 is 15.2 Å². The molecule has 0 atom stereocenters. The van der Waals surface area contributed by atoms with Crippen LogP contribution in [0.15, 0.2) is 30.5 Å². The lowest BCUT2D eigenvalue weighted by Gasteiger charge is -2.23. The highest BCUT2D eigenvalue weighted by Gasteiger charge is 2.16. The molecule has 0 aliphatic rings. The van der Waals surface area contributed by atoms with Crippen molar-refractivity contribution < 1.29 is 9.84 Å². The number of pyridine rings is 1. The molecule has 0 unspecified atom stereocenters. The van der Waals surface area contributed by atoms with Crippen LogP contribution in [0, 0.1) is 0 Å². The number of nitrogens with zero attached hydrogens (tertiary/aromatic N) is 1. The van der Waals surface area contributed by atoms with Crippen LogP contribution in [-0.2, 0) is 4.74 Å². The number of phenolic OH excluding ortho intramolecular Hbond substituents is 1. The van der Waals surface area contributed by atoms with Crippen molar-refractivity contribution in [1.29, 1.82) is 0 Å². The van der Waals surface area contributed by atoms with Crippen molar-refractivity contribution in [2.24, 2.45) is 0 Å². The Kier molecular flexibility index (Phi) is 3.39. The van der Waals surface area contributed by atoms with E-state index in [9.17, 15) is 5.11 Å². The van der Waals surface area contributed by atoms with Crippen molar-refractivity contribution in [2.45, 2.75) is 19.4 Å². The molecule has 0 saturated heterocycles. The number of aromatic hydroxyl groups is 1. The zero-order valence-electron chi connectivity index (χ0n) is 10.9. The number of anilines is 1. The van der Waals surface area contributed by atoms with Crippen molar-refractivity contribution >= 4 is 16.6 Å². The Morgan fingerprint density at radius 3 is 2.83 bits per heavy atom. The Bertz CT molecular complexity index is 552. The van der Waals surface area contributed by atoms with E-state index in [-0.39, 0.29) is 11.4 Å². The number of phenols is 1. The third-order valence-corrected chi connectivity index (χ3v) is 2.98. The summed E-state index contributed by atoms with van der Waals surface area (Å²) >= 11 is 0. The van der Waals surface area contributed by atoms with Crippen molar-refractivity contribution in [2.75, 3.05) is 19.0 Å². The molecule has 0 saturated carbocycles. The molecule has 1 aromatic heterocycles. The number of methoxy groups -OCH3 is 1. The molecule has 0 spiro atoms. The van der Waals surface area contributed by atoms with E-state index in [4.69, 9.17) is 4.74 Å². The molecule has 96 valence electrons. The molecule has 2 N–H and O–H groups in total.